The number of carboxylic acid groups (broad SMARTS) is 1. The Kier molecular flexibility index (Phi) is 6.05. The number of ether oxygens (including phenoxy) is 1. The van der Waals surface area contributed by atoms with Gasteiger partial charge in [-0.25, -0.2) is 4.98 Å². The average Bonchev–Trinajstić information content (AvgIpc) is 3.14. The fraction of sp³-hybridized carbons (Fsp3) is 0.583. The van der Waals surface area contributed by atoms with Crippen LogP contribution >= 0.6 is 11.3 Å². The Hall–Kier alpha value is -2.08. The van der Waals surface area contributed by atoms with Crippen molar-refractivity contribution in [2.75, 3.05) is 18.0 Å². The molecule has 1 aromatic carbocycles. The molecule has 2 heterocycles. The topological polar surface area (TPSA) is 62.7 Å². The Morgan fingerprint density at radius 2 is 1.83 bits per heavy atom. The number of hydrogen-bond donors (Lipinski definition) is 1. The lowest BCUT2D eigenvalue weighted by Crippen LogP contribution is -2.47. The normalized spacial score (nSPS) is 22.6. The van der Waals surface area contributed by atoms with Crippen LogP contribution in [0.15, 0.2) is 29.6 Å². The third kappa shape index (κ3) is 4.97. The molecular formula is C24H32N2O3S. The third-order valence-corrected chi connectivity index (χ3v) is 7.44. The molecule has 6 heteroatoms. The summed E-state index contributed by atoms with van der Waals surface area (Å²) in [7, 11) is 0. The maximum absolute atomic E-state index is 10.8. The molecule has 4 rings (SSSR count). The average molecular weight is 429 g/mol. The quantitative estimate of drug-likeness (QED) is 0.639. The molecule has 0 spiro atoms. The van der Waals surface area contributed by atoms with E-state index in [0.29, 0.717) is 11.5 Å². The van der Waals surface area contributed by atoms with Crippen molar-refractivity contribution in [1.29, 1.82) is 0 Å². The van der Waals surface area contributed by atoms with Gasteiger partial charge in [-0.2, -0.15) is 0 Å². The fourth-order valence-corrected chi connectivity index (χ4v) is 5.44. The Morgan fingerprint density at radius 3 is 2.43 bits per heavy atom. The van der Waals surface area contributed by atoms with E-state index in [-0.39, 0.29) is 12.3 Å². The predicted octanol–water partition coefficient (Wildman–Crippen LogP) is 5.70. The molecule has 1 aliphatic carbocycles. The summed E-state index contributed by atoms with van der Waals surface area (Å²) in [4.78, 5) is 17.7. The van der Waals surface area contributed by atoms with Crippen molar-refractivity contribution in [2.45, 2.75) is 59.0 Å². The van der Waals surface area contributed by atoms with Crippen LogP contribution in [-0.4, -0.2) is 35.3 Å². The molecule has 30 heavy (non-hydrogen) atoms. The van der Waals surface area contributed by atoms with E-state index in [9.17, 15) is 4.79 Å². The van der Waals surface area contributed by atoms with Gasteiger partial charge in [0.1, 0.15) is 5.75 Å². The molecule has 0 bridgehead atoms. The van der Waals surface area contributed by atoms with Gasteiger partial charge in [0.2, 0.25) is 0 Å². The number of aromatic nitrogens is 1. The number of carbonyl (C=O) groups is 1. The van der Waals surface area contributed by atoms with Crippen molar-refractivity contribution in [3.8, 4) is 17.0 Å². The number of nitrogens with zero attached hydrogens (tertiary/aromatic N) is 2. The highest BCUT2D eigenvalue weighted by Crippen LogP contribution is 2.39. The molecule has 0 unspecified atom stereocenters. The van der Waals surface area contributed by atoms with Crippen LogP contribution in [0.25, 0.3) is 11.3 Å². The Balaban J connectivity index is 1.29. The second-order valence-corrected chi connectivity index (χ2v) is 10.7. The second kappa shape index (κ2) is 8.58. The molecule has 162 valence electrons. The fourth-order valence-electron chi connectivity index (χ4n) is 4.59. The summed E-state index contributed by atoms with van der Waals surface area (Å²) >= 11 is 1.62. The number of benzene rings is 1. The Labute approximate surface area is 183 Å². The van der Waals surface area contributed by atoms with Gasteiger partial charge in [0.25, 0.3) is 0 Å². The van der Waals surface area contributed by atoms with E-state index in [1.807, 2.05) is 0 Å². The van der Waals surface area contributed by atoms with Gasteiger partial charge in [0, 0.05) is 30.0 Å². The monoisotopic (exact) mass is 428 g/mol. The van der Waals surface area contributed by atoms with Gasteiger partial charge in [-0.1, -0.05) is 20.8 Å². The van der Waals surface area contributed by atoms with Gasteiger partial charge in [0.15, 0.2) is 5.13 Å². The van der Waals surface area contributed by atoms with Crippen LogP contribution in [0.2, 0.25) is 0 Å². The smallest absolute Gasteiger partial charge is 0.303 e. The van der Waals surface area contributed by atoms with Gasteiger partial charge in [-0.3, -0.25) is 4.79 Å². The Morgan fingerprint density at radius 1 is 1.17 bits per heavy atom. The lowest BCUT2D eigenvalue weighted by molar-refractivity contribution is -0.138. The van der Waals surface area contributed by atoms with E-state index in [0.717, 1.165) is 54.0 Å². The standard InChI is InChI=1S/C24H32N2O3S/c1-24(2,3)18-6-10-20(11-7-18)29-19-8-4-17(5-9-19)21-15-30-23(25-21)26-13-16(14-26)12-22(27)28/h4-5,8-9,15-16,18,20H,6-7,10-14H2,1-3H3,(H,27,28). The van der Waals surface area contributed by atoms with Crippen molar-refractivity contribution in [3.05, 3.63) is 29.6 Å². The first-order chi connectivity index (χ1) is 14.3. The SMILES string of the molecule is CC(C)(C)C1CCC(Oc2ccc(-c3csc(N4CC(CC(=O)O)C4)n3)cc2)CC1. The Bertz CT molecular complexity index is 857. The molecule has 0 amide bonds. The zero-order valence-corrected chi connectivity index (χ0v) is 19.0. The summed E-state index contributed by atoms with van der Waals surface area (Å²) in [5.74, 6) is 1.26. The zero-order valence-electron chi connectivity index (χ0n) is 18.1. The summed E-state index contributed by atoms with van der Waals surface area (Å²) < 4.78 is 6.25. The number of thiazole rings is 1. The summed E-state index contributed by atoms with van der Waals surface area (Å²) in [6.07, 6.45) is 5.34. The van der Waals surface area contributed by atoms with E-state index < -0.39 is 5.97 Å². The molecule has 0 atom stereocenters. The summed E-state index contributed by atoms with van der Waals surface area (Å²) in [6, 6.07) is 8.27. The molecule has 1 aromatic heterocycles. The van der Waals surface area contributed by atoms with Crippen LogP contribution in [0.3, 0.4) is 0 Å². The largest absolute Gasteiger partial charge is 0.490 e. The van der Waals surface area contributed by atoms with Crippen LogP contribution in [0, 0.1) is 17.3 Å². The molecule has 2 aromatic rings. The summed E-state index contributed by atoms with van der Waals surface area (Å²) in [5, 5.41) is 11.9. The number of aliphatic carboxylic acids is 1. The van der Waals surface area contributed by atoms with Crippen molar-refractivity contribution in [3.63, 3.8) is 0 Å². The highest BCUT2D eigenvalue weighted by Gasteiger charge is 2.31. The van der Waals surface area contributed by atoms with Gasteiger partial charge in [0.05, 0.1) is 18.2 Å². The van der Waals surface area contributed by atoms with Crippen LogP contribution in [0.4, 0.5) is 5.13 Å². The van der Waals surface area contributed by atoms with Gasteiger partial charge >= 0.3 is 5.97 Å². The minimum absolute atomic E-state index is 0.241. The number of carboxylic acids is 1. The molecule has 2 aliphatic rings. The van der Waals surface area contributed by atoms with Gasteiger partial charge < -0.3 is 14.7 Å². The first kappa shape index (κ1) is 21.2. The van der Waals surface area contributed by atoms with E-state index in [4.69, 9.17) is 14.8 Å². The van der Waals surface area contributed by atoms with E-state index >= 15 is 0 Å². The molecular weight excluding hydrogens is 396 g/mol. The molecule has 2 fully saturated rings. The second-order valence-electron chi connectivity index (χ2n) is 9.87. The van der Waals surface area contributed by atoms with Crippen molar-refractivity contribution < 1.29 is 14.6 Å². The maximum Gasteiger partial charge on any atom is 0.303 e. The minimum Gasteiger partial charge on any atom is -0.490 e. The van der Waals surface area contributed by atoms with Gasteiger partial charge in [-0.15, -0.1) is 11.3 Å². The van der Waals surface area contributed by atoms with E-state index in [1.54, 1.807) is 11.3 Å². The van der Waals surface area contributed by atoms with E-state index in [1.165, 1.54) is 12.8 Å². The lowest BCUT2D eigenvalue weighted by atomic mass is 9.72. The third-order valence-electron chi connectivity index (χ3n) is 6.53. The molecule has 1 saturated carbocycles. The highest BCUT2D eigenvalue weighted by atomic mass is 32.1. The van der Waals surface area contributed by atoms with Crippen molar-refractivity contribution in [2.24, 2.45) is 17.3 Å². The van der Waals surface area contributed by atoms with E-state index in [2.05, 4.69) is 55.3 Å². The predicted molar refractivity (Wildman–Crippen MR) is 121 cm³/mol. The maximum atomic E-state index is 10.8. The number of rotatable bonds is 6. The lowest BCUT2D eigenvalue weighted by Gasteiger charge is -2.38. The molecule has 5 nitrogen and oxygen atoms in total. The van der Waals surface area contributed by atoms with Crippen molar-refractivity contribution >= 4 is 22.4 Å². The molecule has 1 aliphatic heterocycles. The molecule has 1 saturated heterocycles. The molecule has 1 N–H and O–H groups in total. The summed E-state index contributed by atoms with van der Waals surface area (Å²) in [6.45, 7) is 8.60. The first-order valence-electron chi connectivity index (χ1n) is 11.0. The number of anilines is 1. The van der Waals surface area contributed by atoms with Crippen LogP contribution in [0.5, 0.6) is 5.75 Å². The van der Waals surface area contributed by atoms with Crippen LogP contribution in [-0.2, 0) is 4.79 Å². The first-order valence-corrected chi connectivity index (χ1v) is 11.9. The summed E-state index contributed by atoms with van der Waals surface area (Å²) in [5.41, 5.74) is 2.45. The van der Waals surface area contributed by atoms with Crippen molar-refractivity contribution in [1.82, 2.24) is 4.98 Å². The zero-order chi connectivity index (χ0) is 21.3. The highest BCUT2D eigenvalue weighted by molar-refractivity contribution is 7.14. The minimum atomic E-state index is -0.718. The van der Waals surface area contributed by atoms with Gasteiger partial charge in [-0.05, 0) is 61.3 Å². The van der Waals surface area contributed by atoms with Crippen LogP contribution < -0.4 is 9.64 Å². The molecule has 0 radical (unpaired) electrons. The number of hydrogen-bond acceptors (Lipinski definition) is 5. The van der Waals surface area contributed by atoms with Crippen LogP contribution in [0.1, 0.15) is 52.9 Å².